The van der Waals surface area contributed by atoms with Crippen molar-refractivity contribution in [2.45, 2.75) is 5.12 Å². The minimum Gasteiger partial charge on any atom is -1.00 e. The number of rotatable bonds is 7. The lowest BCUT2D eigenvalue weighted by Crippen LogP contribution is -3.00. The van der Waals surface area contributed by atoms with E-state index >= 15 is 0 Å². The summed E-state index contributed by atoms with van der Waals surface area (Å²) in [7, 11) is -2.62. The number of alkyl halides is 1. The van der Waals surface area contributed by atoms with Crippen molar-refractivity contribution < 1.29 is 17.2 Å². The second-order valence-corrected chi connectivity index (χ2v) is 12.7. The van der Waals surface area contributed by atoms with Crippen LogP contribution < -0.4 is 33.2 Å². The molecule has 0 aromatic heterocycles. The summed E-state index contributed by atoms with van der Waals surface area (Å²) in [5, 5.41) is 2.36. The third-order valence-corrected chi connectivity index (χ3v) is 11.6. The van der Waals surface area contributed by atoms with Gasteiger partial charge in [-0.2, -0.15) is 0 Å². The monoisotopic (exact) mass is 541 g/mol. The first-order chi connectivity index (χ1) is 17.7. The largest absolute Gasteiger partial charge is 1.00 e. The van der Waals surface area contributed by atoms with Crippen LogP contribution in [0.1, 0.15) is 0 Å². The van der Waals surface area contributed by atoms with Gasteiger partial charge in [0.05, 0.1) is 0 Å². The highest BCUT2D eigenvalue weighted by atomic mass is 35.5. The second-order valence-electron chi connectivity index (χ2n) is 8.41. The maximum absolute atomic E-state index is 14.6. The molecule has 1 unspecified atom stereocenters. The first-order valence-corrected chi connectivity index (χ1v) is 14.2. The van der Waals surface area contributed by atoms with Gasteiger partial charge in [0, 0.05) is 11.4 Å². The predicted octanol–water partition coefficient (Wildman–Crippen LogP) is 3.91. The molecule has 0 fully saturated rings. The van der Waals surface area contributed by atoms with Crippen LogP contribution in [0.2, 0.25) is 0 Å². The van der Waals surface area contributed by atoms with Crippen molar-refractivity contribution in [3.8, 4) is 0 Å². The van der Waals surface area contributed by atoms with Crippen molar-refractivity contribution in [2.75, 3.05) is 4.90 Å². The third-order valence-electron chi connectivity index (χ3n) is 6.28. The zero-order valence-corrected chi connectivity index (χ0v) is 22.5. The summed E-state index contributed by atoms with van der Waals surface area (Å²) in [5.41, 5.74) is 1.57. The van der Waals surface area contributed by atoms with Gasteiger partial charge in [0.1, 0.15) is 23.2 Å². The standard InChI is InChI=1S/C32H26ClNOP.ClH/c33-31(32(35)34(26-16-6-1-7-17-26)27-18-8-2-9-19-27)36(28-20-10-3-11-21-28,29-22-12-4-13-23-29)30-24-14-5-15-25-30;/h1-25,31H;1H/q+1;/p-1. The molecular formula is C32H26Cl2NOP. The van der Waals surface area contributed by atoms with Gasteiger partial charge in [-0.05, 0) is 60.7 Å². The molecule has 5 aromatic rings. The molecule has 0 aliphatic heterocycles. The van der Waals surface area contributed by atoms with Crippen LogP contribution in [0.3, 0.4) is 0 Å². The zero-order chi connectivity index (χ0) is 24.8. The van der Waals surface area contributed by atoms with E-state index in [9.17, 15) is 4.79 Å². The smallest absolute Gasteiger partial charge is 0.289 e. The van der Waals surface area contributed by atoms with Crippen molar-refractivity contribution in [2.24, 2.45) is 0 Å². The van der Waals surface area contributed by atoms with Gasteiger partial charge >= 0.3 is 0 Å². The Hall–Kier alpha value is -3.42. The molecule has 0 bridgehead atoms. The molecule has 37 heavy (non-hydrogen) atoms. The zero-order valence-electron chi connectivity index (χ0n) is 20.1. The van der Waals surface area contributed by atoms with Crippen LogP contribution in [0.4, 0.5) is 11.4 Å². The van der Waals surface area contributed by atoms with Gasteiger partial charge in [0.15, 0.2) is 0 Å². The van der Waals surface area contributed by atoms with E-state index in [0.29, 0.717) is 0 Å². The molecule has 184 valence electrons. The lowest BCUT2D eigenvalue weighted by atomic mass is 10.2. The highest BCUT2D eigenvalue weighted by Gasteiger charge is 2.56. The first-order valence-electron chi connectivity index (χ1n) is 11.9. The van der Waals surface area contributed by atoms with E-state index < -0.39 is 12.4 Å². The minimum atomic E-state index is -2.62. The number of hydrogen-bond donors (Lipinski definition) is 0. The molecule has 0 heterocycles. The van der Waals surface area contributed by atoms with Crippen molar-refractivity contribution >= 4 is 52.1 Å². The summed E-state index contributed by atoms with van der Waals surface area (Å²) >= 11 is 7.51. The normalized spacial score (nSPS) is 11.7. The molecule has 1 amide bonds. The molecule has 0 radical (unpaired) electrons. The molecule has 0 saturated carbocycles. The van der Waals surface area contributed by atoms with Crippen LogP contribution in [0, 0.1) is 0 Å². The summed E-state index contributed by atoms with van der Waals surface area (Å²) in [4.78, 5) is 16.4. The lowest BCUT2D eigenvalue weighted by Gasteiger charge is -2.33. The number of amides is 1. The molecule has 0 aliphatic rings. The van der Waals surface area contributed by atoms with Crippen LogP contribution >= 0.6 is 18.9 Å². The van der Waals surface area contributed by atoms with Crippen LogP contribution in [0.15, 0.2) is 152 Å². The number of para-hydroxylation sites is 2. The number of halogens is 2. The SMILES string of the molecule is O=C(C(Cl)[P+](c1ccccc1)(c1ccccc1)c1ccccc1)N(c1ccccc1)c1ccccc1.[Cl-]. The molecule has 2 nitrogen and oxygen atoms in total. The van der Waals surface area contributed by atoms with E-state index in [2.05, 4.69) is 36.4 Å². The van der Waals surface area contributed by atoms with Crippen molar-refractivity contribution in [1.29, 1.82) is 0 Å². The van der Waals surface area contributed by atoms with Crippen LogP contribution in [0.5, 0.6) is 0 Å². The predicted molar refractivity (Wildman–Crippen MR) is 155 cm³/mol. The minimum absolute atomic E-state index is 0. The van der Waals surface area contributed by atoms with Crippen LogP contribution in [-0.4, -0.2) is 11.0 Å². The summed E-state index contributed by atoms with van der Waals surface area (Å²) in [6.45, 7) is 0. The van der Waals surface area contributed by atoms with Crippen molar-refractivity contribution in [1.82, 2.24) is 0 Å². The van der Waals surface area contributed by atoms with E-state index in [-0.39, 0.29) is 18.3 Å². The van der Waals surface area contributed by atoms with Gasteiger partial charge in [-0.25, -0.2) is 0 Å². The maximum Gasteiger partial charge on any atom is 0.289 e. The average molecular weight is 542 g/mol. The van der Waals surface area contributed by atoms with Gasteiger partial charge in [0.2, 0.25) is 5.12 Å². The Morgan fingerprint density at radius 3 is 1.08 bits per heavy atom. The molecule has 5 rings (SSSR count). The molecule has 5 heteroatoms. The van der Waals surface area contributed by atoms with Gasteiger partial charge < -0.3 is 12.4 Å². The molecule has 0 N–H and O–H groups in total. The summed E-state index contributed by atoms with van der Waals surface area (Å²) in [6.07, 6.45) is 0. The Balaban J connectivity index is 0.00000320. The summed E-state index contributed by atoms with van der Waals surface area (Å²) in [6, 6.07) is 50.2. The number of anilines is 2. The van der Waals surface area contributed by atoms with Gasteiger partial charge in [-0.1, -0.05) is 103 Å². The number of hydrogen-bond acceptors (Lipinski definition) is 1. The van der Waals surface area contributed by atoms with Crippen LogP contribution in [-0.2, 0) is 4.79 Å². The second kappa shape index (κ2) is 12.2. The Bertz CT molecular complexity index is 1270. The Morgan fingerprint density at radius 1 is 0.514 bits per heavy atom. The maximum atomic E-state index is 14.6. The molecule has 0 aliphatic carbocycles. The van der Waals surface area contributed by atoms with Gasteiger partial charge in [-0.3, -0.25) is 9.69 Å². The molecule has 5 aromatic carbocycles. The van der Waals surface area contributed by atoms with E-state index in [1.807, 2.05) is 115 Å². The van der Waals surface area contributed by atoms with Gasteiger partial charge in [0.25, 0.3) is 5.91 Å². The van der Waals surface area contributed by atoms with E-state index in [4.69, 9.17) is 11.6 Å². The van der Waals surface area contributed by atoms with E-state index in [1.54, 1.807) is 4.90 Å². The Labute approximate surface area is 230 Å². The van der Waals surface area contributed by atoms with Crippen molar-refractivity contribution in [3.05, 3.63) is 152 Å². The molecule has 0 saturated heterocycles. The molecular weight excluding hydrogens is 516 g/mol. The highest BCUT2D eigenvalue weighted by molar-refractivity contribution is 7.98. The number of carbonyl (C=O) groups is 1. The summed E-state index contributed by atoms with van der Waals surface area (Å²) in [5.74, 6) is -0.154. The van der Waals surface area contributed by atoms with Gasteiger partial charge in [-0.15, -0.1) is 0 Å². The number of carbonyl (C=O) groups excluding carboxylic acids is 1. The Kier molecular flexibility index (Phi) is 8.79. The summed E-state index contributed by atoms with van der Waals surface area (Å²) < 4.78 is 0. The third kappa shape index (κ3) is 5.20. The van der Waals surface area contributed by atoms with E-state index in [0.717, 1.165) is 27.3 Å². The quantitative estimate of drug-likeness (QED) is 0.226. The first kappa shape index (κ1) is 26.6. The fourth-order valence-electron chi connectivity index (χ4n) is 4.66. The van der Waals surface area contributed by atoms with E-state index in [1.165, 1.54) is 0 Å². The van der Waals surface area contributed by atoms with Crippen molar-refractivity contribution in [3.63, 3.8) is 0 Å². The topological polar surface area (TPSA) is 20.3 Å². The fourth-order valence-corrected chi connectivity index (χ4v) is 9.82. The lowest BCUT2D eigenvalue weighted by molar-refractivity contribution is -0.116. The molecule has 1 atom stereocenters. The fraction of sp³-hybridized carbons (Fsp3) is 0.0312. The number of benzene rings is 5. The average Bonchev–Trinajstić information content (AvgIpc) is 2.96. The molecule has 0 spiro atoms. The highest BCUT2D eigenvalue weighted by Crippen LogP contribution is 2.62. The van der Waals surface area contributed by atoms with Crippen LogP contribution in [0.25, 0.3) is 0 Å². The number of nitrogens with zero attached hydrogens (tertiary/aromatic N) is 1. The Morgan fingerprint density at radius 2 is 0.784 bits per heavy atom.